The standard InChI is InChI=1S/C23H21FN2O5/c1-12-15(19(27)28)9-14(25-6-7-31-21(25)30)10-18(12)26-17-5-4-13(24)8-16(17)23(20(26)29)11-22(23,2)3/h4-5,8-10H,6-7,11H2,1-3H3,(H,27,28)/t23-/m0/s1. The smallest absolute Gasteiger partial charge is 0.414 e. The first kappa shape index (κ1) is 19.5. The third-order valence-electron chi connectivity index (χ3n) is 6.87. The highest BCUT2D eigenvalue weighted by molar-refractivity contribution is 6.16. The molecular formula is C23H21FN2O5. The Hall–Kier alpha value is -3.42. The molecule has 0 bridgehead atoms. The topological polar surface area (TPSA) is 87.2 Å². The summed E-state index contributed by atoms with van der Waals surface area (Å²) in [5.74, 6) is -1.80. The molecule has 1 atom stereocenters. The molecule has 7 nitrogen and oxygen atoms in total. The first-order chi connectivity index (χ1) is 14.6. The predicted octanol–water partition coefficient (Wildman–Crippen LogP) is 4.13. The molecule has 160 valence electrons. The lowest BCUT2D eigenvalue weighted by Crippen LogP contribution is -2.32. The summed E-state index contributed by atoms with van der Waals surface area (Å²) in [6.45, 7) is 6.05. The SMILES string of the molecule is Cc1c(C(=O)O)cc(N2CCOC2=O)cc1N1C(=O)[C@]2(CC2(C)C)c2cc(F)ccc21. The van der Waals surface area contributed by atoms with Crippen LogP contribution >= 0.6 is 0 Å². The predicted molar refractivity (Wildman–Crippen MR) is 110 cm³/mol. The van der Waals surface area contributed by atoms with E-state index in [4.69, 9.17) is 4.74 Å². The van der Waals surface area contributed by atoms with Gasteiger partial charge in [0, 0.05) is 0 Å². The summed E-state index contributed by atoms with van der Waals surface area (Å²) in [4.78, 5) is 40.7. The molecule has 2 amide bonds. The first-order valence-electron chi connectivity index (χ1n) is 10.1. The van der Waals surface area contributed by atoms with Crippen molar-refractivity contribution in [3.8, 4) is 0 Å². The van der Waals surface area contributed by atoms with Crippen LogP contribution < -0.4 is 9.80 Å². The molecule has 1 aliphatic carbocycles. The number of halogens is 1. The lowest BCUT2D eigenvalue weighted by atomic mass is 9.89. The number of benzene rings is 2. The minimum atomic E-state index is -1.17. The van der Waals surface area contributed by atoms with Crippen LogP contribution in [-0.2, 0) is 14.9 Å². The zero-order valence-electron chi connectivity index (χ0n) is 17.4. The maximum Gasteiger partial charge on any atom is 0.414 e. The summed E-state index contributed by atoms with van der Waals surface area (Å²) >= 11 is 0. The fourth-order valence-electron chi connectivity index (χ4n) is 5.07. The van der Waals surface area contributed by atoms with Crippen molar-refractivity contribution in [2.45, 2.75) is 32.6 Å². The minimum Gasteiger partial charge on any atom is -0.478 e. The van der Waals surface area contributed by atoms with Gasteiger partial charge in [0.2, 0.25) is 5.91 Å². The Balaban J connectivity index is 1.74. The Morgan fingerprint density at radius 2 is 1.87 bits per heavy atom. The van der Waals surface area contributed by atoms with Crippen LogP contribution in [0.3, 0.4) is 0 Å². The number of hydrogen-bond acceptors (Lipinski definition) is 4. The average molecular weight is 424 g/mol. The molecule has 0 radical (unpaired) electrons. The zero-order valence-corrected chi connectivity index (χ0v) is 17.4. The van der Waals surface area contributed by atoms with Gasteiger partial charge in [-0.3, -0.25) is 14.6 Å². The van der Waals surface area contributed by atoms with Crippen LogP contribution in [0.1, 0.15) is 41.8 Å². The van der Waals surface area contributed by atoms with Crippen molar-refractivity contribution in [2.24, 2.45) is 5.41 Å². The van der Waals surface area contributed by atoms with Crippen molar-refractivity contribution in [3.05, 3.63) is 52.8 Å². The summed E-state index contributed by atoms with van der Waals surface area (Å²) in [6, 6.07) is 7.30. The number of ether oxygens (including phenoxy) is 1. The molecule has 1 saturated heterocycles. The Kier molecular flexibility index (Phi) is 3.82. The molecule has 2 aliphatic heterocycles. The van der Waals surface area contributed by atoms with Crippen molar-refractivity contribution in [2.75, 3.05) is 23.0 Å². The second-order valence-electron chi connectivity index (χ2n) is 8.98. The van der Waals surface area contributed by atoms with Gasteiger partial charge in [0.15, 0.2) is 0 Å². The monoisotopic (exact) mass is 424 g/mol. The number of fused-ring (bicyclic) bond motifs is 2. The summed E-state index contributed by atoms with van der Waals surface area (Å²) in [5.41, 5.74) is 1.05. The number of amides is 2. The van der Waals surface area contributed by atoms with E-state index in [0.717, 1.165) is 0 Å². The second-order valence-corrected chi connectivity index (χ2v) is 8.98. The molecule has 0 aromatic heterocycles. The quantitative estimate of drug-likeness (QED) is 0.800. The second kappa shape index (κ2) is 6.06. The van der Waals surface area contributed by atoms with E-state index in [1.54, 1.807) is 19.1 Å². The fraction of sp³-hybridized carbons (Fsp3) is 0.348. The lowest BCUT2D eigenvalue weighted by Gasteiger charge is -2.24. The highest BCUT2D eigenvalue weighted by atomic mass is 19.1. The lowest BCUT2D eigenvalue weighted by molar-refractivity contribution is -0.120. The van der Waals surface area contributed by atoms with Crippen molar-refractivity contribution in [3.63, 3.8) is 0 Å². The highest BCUT2D eigenvalue weighted by Crippen LogP contribution is 2.70. The van der Waals surface area contributed by atoms with Gasteiger partial charge in [-0.25, -0.2) is 14.0 Å². The van der Waals surface area contributed by atoms with Gasteiger partial charge in [0.05, 0.1) is 34.6 Å². The molecule has 0 unspecified atom stereocenters. The number of hydrogen-bond donors (Lipinski definition) is 1. The minimum absolute atomic E-state index is 0.0142. The number of nitrogens with zero attached hydrogens (tertiary/aromatic N) is 2. The molecule has 31 heavy (non-hydrogen) atoms. The van der Waals surface area contributed by atoms with Crippen LogP contribution in [0, 0.1) is 18.2 Å². The third-order valence-corrected chi connectivity index (χ3v) is 6.87. The number of carbonyl (C=O) groups excluding carboxylic acids is 2. The van der Waals surface area contributed by atoms with E-state index in [0.29, 0.717) is 34.6 Å². The van der Waals surface area contributed by atoms with Crippen molar-refractivity contribution in [1.82, 2.24) is 0 Å². The molecule has 1 N–H and O–H groups in total. The molecular weight excluding hydrogens is 403 g/mol. The van der Waals surface area contributed by atoms with Gasteiger partial charge in [0.25, 0.3) is 0 Å². The average Bonchev–Trinajstić information content (AvgIpc) is 2.94. The van der Waals surface area contributed by atoms with E-state index < -0.39 is 23.3 Å². The number of carbonyl (C=O) groups is 3. The Bertz CT molecular complexity index is 1190. The molecule has 5 rings (SSSR count). The van der Waals surface area contributed by atoms with Gasteiger partial charge in [-0.1, -0.05) is 13.8 Å². The van der Waals surface area contributed by atoms with Crippen LogP contribution in [-0.4, -0.2) is 36.2 Å². The number of carboxylic acids is 1. The summed E-state index contributed by atoms with van der Waals surface area (Å²) in [6.07, 6.45) is 0.00977. The number of rotatable bonds is 3. The van der Waals surface area contributed by atoms with Gasteiger partial charge < -0.3 is 9.84 Å². The van der Waals surface area contributed by atoms with Crippen LogP contribution in [0.5, 0.6) is 0 Å². The van der Waals surface area contributed by atoms with Crippen LogP contribution in [0.15, 0.2) is 30.3 Å². The Labute approximate surface area is 178 Å². The van der Waals surface area contributed by atoms with E-state index in [2.05, 4.69) is 0 Å². The van der Waals surface area contributed by atoms with Gasteiger partial charge in [-0.05, 0) is 60.2 Å². The normalized spacial score (nSPS) is 23.4. The Morgan fingerprint density at radius 3 is 2.45 bits per heavy atom. The molecule has 2 aromatic carbocycles. The van der Waals surface area contributed by atoms with Crippen LogP contribution in [0.25, 0.3) is 0 Å². The number of carboxylic acid groups (broad SMARTS) is 1. The van der Waals surface area contributed by atoms with Crippen LogP contribution in [0.2, 0.25) is 0 Å². The molecule has 8 heteroatoms. The van der Waals surface area contributed by atoms with Crippen molar-refractivity contribution < 1.29 is 28.6 Å². The molecule has 1 spiro atoms. The summed E-state index contributed by atoms with van der Waals surface area (Å²) in [5, 5.41) is 9.77. The first-order valence-corrected chi connectivity index (χ1v) is 10.1. The van der Waals surface area contributed by atoms with Gasteiger partial charge in [-0.15, -0.1) is 0 Å². The van der Waals surface area contributed by atoms with E-state index in [-0.39, 0.29) is 30.0 Å². The van der Waals surface area contributed by atoms with Crippen LogP contribution in [0.4, 0.5) is 26.2 Å². The fourth-order valence-corrected chi connectivity index (χ4v) is 5.07. The maximum absolute atomic E-state index is 14.1. The van der Waals surface area contributed by atoms with Crippen molar-refractivity contribution in [1.29, 1.82) is 0 Å². The summed E-state index contributed by atoms with van der Waals surface area (Å²) < 4.78 is 19.1. The van der Waals surface area contributed by atoms with Gasteiger partial charge >= 0.3 is 12.1 Å². The number of cyclic esters (lactones) is 1. The van der Waals surface area contributed by atoms with Crippen molar-refractivity contribution >= 4 is 35.0 Å². The van der Waals surface area contributed by atoms with E-state index >= 15 is 0 Å². The third kappa shape index (κ3) is 2.47. The maximum atomic E-state index is 14.1. The van der Waals surface area contributed by atoms with E-state index in [1.165, 1.54) is 28.0 Å². The molecule has 2 heterocycles. The molecule has 2 fully saturated rings. The van der Waals surface area contributed by atoms with E-state index in [9.17, 15) is 23.9 Å². The highest BCUT2D eigenvalue weighted by Gasteiger charge is 2.72. The van der Waals surface area contributed by atoms with Gasteiger partial charge in [-0.2, -0.15) is 0 Å². The molecule has 3 aliphatic rings. The Morgan fingerprint density at radius 1 is 1.16 bits per heavy atom. The van der Waals surface area contributed by atoms with E-state index in [1.807, 2.05) is 13.8 Å². The number of anilines is 3. The molecule has 1 saturated carbocycles. The zero-order chi connectivity index (χ0) is 22.3. The molecule has 2 aromatic rings. The largest absolute Gasteiger partial charge is 0.478 e. The van der Waals surface area contributed by atoms with Gasteiger partial charge in [0.1, 0.15) is 12.4 Å². The number of aromatic carboxylic acids is 1. The summed E-state index contributed by atoms with van der Waals surface area (Å²) in [7, 11) is 0.